The summed E-state index contributed by atoms with van der Waals surface area (Å²) < 4.78 is 1.58. The van der Waals surface area contributed by atoms with Crippen LogP contribution in [-0.4, -0.2) is 37.6 Å². The Kier molecular flexibility index (Phi) is 5.06. The smallest absolute Gasteiger partial charge is 0.274 e. The Morgan fingerprint density at radius 3 is 2.70 bits per heavy atom. The van der Waals surface area contributed by atoms with Crippen LogP contribution in [-0.2, 0) is 4.79 Å². The summed E-state index contributed by atoms with van der Waals surface area (Å²) in [5.41, 5.74) is 2.26. The van der Waals surface area contributed by atoms with Gasteiger partial charge in [0, 0.05) is 11.8 Å². The van der Waals surface area contributed by atoms with Crippen LogP contribution in [0.1, 0.15) is 11.4 Å². The molecule has 1 aromatic heterocycles. The second-order valence-corrected chi connectivity index (χ2v) is 5.80. The van der Waals surface area contributed by atoms with Crippen LogP contribution in [0, 0.1) is 24.0 Å². The number of aromatic nitrogens is 4. The molecular weight excluding hydrogens is 350 g/mol. The average Bonchev–Trinajstić information content (AvgIpc) is 3.08. The van der Waals surface area contributed by atoms with Crippen molar-refractivity contribution in [1.82, 2.24) is 20.2 Å². The van der Waals surface area contributed by atoms with Gasteiger partial charge in [-0.2, -0.15) is 4.68 Å². The highest BCUT2D eigenvalue weighted by Crippen LogP contribution is 2.25. The maximum Gasteiger partial charge on any atom is 0.274 e. The number of hydrogen-bond donors (Lipinski definition) is 2. The highest BCUT2D eigenvalue weighted by atomic mass is 16.6. The van der Waals surface area contributed by atoms with Crippen molar-refractivity contribution < 1.29 is 9.72 Å². The third-order valence-corrected chi connectivity index (χ3v) is 3.95. The zero-order valence-electron chi connectivity index (χ0n) is 14.7. The molecule has 2 aromatic carbocycles. The number of tetrazole rings is 1. The topological polar surface area (TPSA) is 128 Å². The monoisotopic (exact) mass is 367 g/mol. The number of carbonyl (C=O) groups is 1. The molecule has 1 heterocycles. The van der Waals surface area contributed by atoms with Crippen molar-refractivity contribution in [3.05, 3.63) is 64.0 Å². The maximum absolute atomic E-state index is 12.2. The molecule has 0 saturated carbocycles. The number of nitro groups is 1. The Morgan fingerprint density at radius 1 is 1.22 bits per heavy atom. The first kappa shape index (κ1) is 18.0. The van der Waals surface area contributed by atoms with E-state index in [9.17, 15) is 14.9 Å². The second-order valence-electron chi connectivity index (χ2n) is 5.80. The predicted molar refractivity (Wildman–Crippen MR) is 98.8 cm³/mol. The molecule has 0 atom stereocenters. The van der Waals surface area contributed by atoms with Crippen LogP contribution in [0.5, 0.6) is 0 Å². The minimum atomic E-state index is -0.476. The number of amides is 1. The van der Waals surface area contributed by atoms with Crippen LogP contribution in [0.2, 0.25) is 0 Å². The quantitative estimate of drug-likeness (QED) is 0.505. The largest absolute Gasteiger partial charge is 0.376 e. The molecule has 10 nitrogen and oxygen atoms in total. The van der Waals surface area contributed by atoms with Crippen molar-refractivity contribution in [2.45, 2.75) is 13.8 Å². The summed E-state index contributed by atoms with van der Waals surface area (Å²) in [6.45, 7) is 3.38. The number of carbonyl (C=O) groups excluding carboxylic acids is 1. The SMILES string of the molecule is Cc1c(NC(=O)CNc2cccc(-n3nnnc3C)c2)cccc1[N+](=O)[O-]. The van der Waals surface area contributed by atoms with Gasteiger partial charge in [0.1, 0.15) is 0 Å². The molecule has 0 saturated heterocycles. The molecule has 0 aliphatic rings. The number of hydrogen-bond acceptors (Lipinski definition) is 7. The van der Waals surface area contributed by atoms with Gasteiger partial charge in [0.05, 0.1) is 28.4 Å². The molecule has 3 rings (SSSR count). The summed E-state index contributed by atoms with van der Waals surface area (Å²) >= 11 is 0. The molecule has 2 N–H and O–H groups in total. The molecule has 0 fully saturated rings. The van der Waals surface area contributed by atoms with Crippen molar-refractivity contribution in [3.63, 3.8) is 0 Å². The van der Waals surface area contributed by atoms with Crippen molar-refractivity contribution in [2.75, 3.05) is 17.2 Å². The highest BCUT2D eigenvalue weighted by molar-refractivity contribution is 5.94. The molecule has 0 unspecified atom stereocenters. The molecule has 0 aliphatic carbocycles. The van der Waals surface area contributed by atoms with E-state index in [1.165, 1.54) is 12.1 Å². The Bertz CT molecular complexity index is 1000. The lowest BCUT2D eigenvalue weighted by Crippen LogP contribution is -2.22. The number of nitrogens with one attached hydrogen (secondary N) is 2. The zero-order valence-corrected chi connectivity index (χ0v) is 14.7. The Labute approximate surface area is 154 Å². The van der Waals surface area contributed by atoms with Crippen molar-refractivity contribution >= 4 is 23.0 Å². The lowest BCUT2D eigenvalue weighted by molar-refractivity contribution is -0.385. The van der Waals surface area contributed by atoms with Gasteiger partial charge in [-0.3, -0.25) is 14.9 Å². The molecule has 10 heteroatoms. The van der Waals surface area contributed by atoms with Gasteiger partial charge in [-0.15, -0.1) is 5.10 Å². The minimum Gasteiger partial charge on any atom is -0.376 e. The van der Waals surface area contributed by atoms with E-state index >= 15 is 0 Å². The number of benzene rings is 2. The molecule has 1 amide bonds. The molecule has 3 aromatic rings. The standard InChI is InChI=1S/C17H17N7O3/c1-11-15(7-4-8-16(11)24(26)27)19-17(25)10-18-13-5-3-6-14(9-13)23-12(2)20-21-22-23/h3-9,18H,10H2,1-2H3,(H,19,25). The summed E-state index contributed by atoms with van der Waals surface area (Å²) in [4.78, 5) is 22.7. The molecule has 138 valence electrons. The van der Waals surface area contributed by atoms with Gasteiger partial charge in [-0.25, -0.2) is 0 Å². The highest BCUT2D eigenvalue weighted by Gasteiger charge is 2.14. The predicted octanol–water partition coefficient (Wildman–Crippen LogP) is 2.24. The summed E-state index contributed by atoms with van der Waals surface area (Å²) in [6.07, 6.45) is 0. The molecule has 0 radical (unpaired) electrons. The summed E-state index contributed by atoms with van der Waals surface area (Å²) in [5.74, 6) is 0.327. The van der Waals surface area contributed by atoms with Crippen LogP contribution in [0.4, 0.5) is 17.1 Å². The minimum absolute atomic E-state index is 0.000173. The molecular formula is C17H17N7O3. The Morgan fingerprint density at radius 2 is 2.00 bits per heavy atom. The van der Waals surface area contributed by atoms with Crippen LogP contribution in [0.25, 0.3) is 5.69 Å². The van der Waals surface area contributed by atoms with E-state index in [2.05, 4.69) is 26.2 Å². The molecule has 0 bridgehead atoms. The van der Waals surface area contributed by atoms with Crippen molar-refractivity contribution in [1.29, 1.82) is 0 Å². The van der Waals surface area contributed by atoms with Crippen LogP contribution in [0.3, 0.4) is 0 Å². The lowest BCUT2D eigenvalue weighted by atomic mass is 10.1. The van der Waals surface area contributed by atoms with E-state index in [0.29, 0.717) is 22.8 Å². The van der Waals surface area contributed by atoms with Gasteiger partial charge in [-0.05, 0) is 48.5 Å². The first-order valence-electron chi connectivity index (χ1n) is 8.09. The van der Waals surface area contributed by atoms with E-state index in [4.69, 9.17) is 0 Å². The Hall–Kier alpha value is -3.82. The van der Waals surface area contributed by atoms with Crippen molar-refractivity contribution in [2.24, 2.45) is 0 Å². The summed E-state index contributed by atoms with van der Waals surface area (Å²) in [7, 11) is 0. The van der Waals surface area contributed by atoms with Crippen LogP contribution < -0.4 is 10.6 Å². The van der Waals surface area contributed by atoms with Gasteiger partial charge in [0.15, 0.2) is 5.82 Å². The number of nitro benzene ring substituents is 1. The van der Waals surface area contributed by atoms with Crippen molar-refractivity contribution in [3.8, 4) is 5.69 Å². The number of anilines is 2. The van der Waals surface area contributed by atoms with Crippen LogP contribution in [0.15, 0.2) is 42.5 Å². The summed E-state index contributed by atoms with van der Waals surface area (Å²) in [6, 6.07) is 11.9. The lowest BCUT2D eigenvalue weighted by Gasteiger charge is -2.11. The first-order valence-corrected chi connectivity index (χ1v) is 8.09. The molecule has 0 spiro atoms. The second kappa shape index (κ2) is 7.60. The van der Waals surface area contributed by atoms with E-state index in [0.717, 1.165) is 5.69 Å². The van der Waals surface area contributed by atoms with E-state index < -0.39 is 4.92 Å². The summed E-state index contributed by atoms with van der Waals surface area (Å²) in [5, 5.41) is 28.0. The normalized spacial score (nSPS) is 10.4. The average molecular weight is 367 g/mol. The fourth-order valence-corrected chi connectivity index (χ4v) is 2.55. The fraction of sp³-hybridized carbons (Fsp3) is 0.176. The number of nitrogens with zero attached hydrogens (tertiary/aromatic N) is 5. The third kappa shape index (κ3) is 4.06. The zero-order chi connectivity index (χ0) is 19.4. The van der Waals surface area contributed by atoms with E-state index in [1.54, 1.807) is 24.6 Å². The first-order chi connectivity index (χ1) is 13.0. The maximum atomic E-state index is 12.2. The third-order valence-electron chi connectivity index (χ3n) is 3.95. The van der Waals surface area contributed by atoms with Gasteiger partial charge in [-0.1, -0.05) is 12.1 Å². The van der Waals surface area contributed by atoms with Gasteiger partial charge >= 0.3 is 0 Å². The Balaban J connectivity index is 1.66. The number of rotatable bonds is 6. The fourth-order valence-electron chi connectivity index (χ4n) is 2.55. The van der Waals surface area contributed by atoms with Gasteiger partial charge in [0.2, 0.25) is 5.91 Å². The number of aryl methyl sites for hydroxylation is 1. The van der Waals surface area contributed by atoms with Gasteiger partial charge < -0.3 is 10.6 Å². The molecule has 0 aliphatic heterocycles. The van der Waals surface area contributed by atoms with E-state index in [1.807, 2.05) is 24.3 Å². The molecule has 27 heavy (non-hydrogen) atoms. The van der Waals surface area contributed by atoms with Crippen LogP contribution >= 0.6 is 0 Å². The van der Waals surface area contributed by atoms with E-state index in [-0.39, 0.29) is 18.1 Å². The van der Waals surface area contributed by atoms with Gasteiger partial charge in [0.25, 0.3) is 5.69 Å².